The lowest BCUT2D eigenvalue weighted by molar-refractivity contribution is 0.0302. The van der Waals surface area contributed by atoms with E-state index >= 15 is 0 Å². The highest BCUT2D eigenvalue weighted by Gasteiger charge is 2.38. The number of likely N-dealkylation sites (N-methyl/N-ethyl adjacent to an activating group) is 1. The van der Waals surface area contributed by atoms with Crippen LogP contribution in [-0.2, 0) is 13.1 Å². The summed E-state index contributed by atoms with van der Waals surface area (Å²) in [6.07, 6.45) is 2.75. The fourth-order valence-corrected chi connectivity index (χ4v) is 3.76. The van der Waals surface area contributed by atoms with Crippen molar-refractivity contribution in [1.29, 1.82) is 0 Å². The van der Waals surface area contributed by atoms with Gasteiger partial charge < -0.3 is 25.4 Å². The smallest absolute Gasteiger partial charge is 0.341 e. The standard InChI is InChI=1S/C14H17N3O5.C7H8FN/c1-15-4-2-3-5-17-9(15)7-16-6-8(14(21)22)11(18)12(19)10(16)13(17)20;8-7-3-1-6(5-9)2-4-7/h6,9,19H,2-5,7H2,1H3,(H,21,22);1-4H,5,9H2. The first-order valence-electron chi connectivity index (χ1n) is 9.90. The molecule has 1 aromatic carbocycles. The maximum absolute atomic E-state index is 12.6. The van der Waals surface area contributed by atoms with Crippen molar-refractivity contribution in [3.63, 3.8) is 0 Å². The van der Waals surface area contributed by atoms with Crippen molar-refractivity contribution in [2.24, 2.45) is 5.73 Å². The highest BCUT2D eigenvalue weighted by Crippen LogP contribution is 2.26. The van der Waals surface area contributed by atoms with Crippen LogP contribution in [0.15, 0.2) is 35.3 Å². The van der Waals surface area contributed by atoms with Gasteiger partial charge >= 0.3 is 5.97 Å². The summed E-state index contributed by atoms with van der Waals surface area (Å²) in [5.74, 6) is -2.85. The Morgan fingerprint density at radius 1 is 1.19 bits per heavy atom. The topological polar surface area (TPSA) is 129 Å². The first kappa shape index (κ1) is 22.4. The second-order valence-corrected chi connectivity index (χ2v) is 7.52. The van der Waals surface area contributed by atoms with E-state index in [0.717, 1.165) is 31.1 Å². The van der Waals surface area contributed by atoms with Crippen LogP contribution in [0.4, 0.5) is 4.39 Å². The number of aromatic nitrogens is 1. The molecule has 1 atom stereocenters. The zero-order valence-electron chi connectivity index (χ0n) is 17.1. The van der Waals surface area contributed by atoms with Crippen LogP contribution in [0.5, 0.6) is 5.75 Å². The summed E-state index contributed by atoms with van der Waals surface area (Å²) in [6, 6.07) is 6.16. The number of nitrogens with two attached hydrogens (primary N) is 1. The van der Waals surface area contributed by atoms with Crippen LogP contribution in [0.25, 0.3) is 0 Å². The van der Waals surface area contributed by atoms with Gasteiger partial charge in [-0.15, -0.1) is 0 Å². The molecule has 2 aromatic rings. The summed E-state index contributed by atoms with van der Waals surface area (Å²) >= 11 is 0. The number of benzene rings is 1. The summed E-state index contributed by atoms with van der Waals surface area (Å²) in [4.78, 5) is 39.3. The maximum Gasteiger partial charge on any atom is 0.341 e. The molecule has 4 N–H and O–H groups in total. The molecule has 1 amide bonds. The number of hydrogen-bond donors (Lipinski definition) is 3. The van der Waals surface area contributed by atoms with Gasteiger partial charge in [0.25, 0.3) is 5.91 Å². The molecule has 2 aliphatic heterocycles. The van der Waals surface area contributed by atoms with Gasteiger partial charge in [-0.3, -0.25) is 14.5 Å². The van der Waals surface area contributed by atoms with Gasteiger partial charge in [0.15, 0.2) is 11.4 Å². The van der Waals surface area contributed by atoms with Crippen LogP contribution < -0.4 is 11.2 Å². The molecule has 0 saturated carbocycles. The molecular weight excluding hydrogens is 407 g/mol. The number of amides is 1. The number of carbonyl (C=O) groups is 2. The third-order valence-corrected chi connectivity index (χ3v) is 5.49. The van der Waals surface area contributed by atoms with Crippen molar-refractivity contribution in [3.8, 4) is 5.75 Å². The Hall–Kier alpha value is -3.24. The number of fused-ring (bicyclic) bond motifs is 2. The van der Waals surface area contributed by atoms with Gasteiger partial charge in [-0.05, 0) is 44.1 Å². The molecule has 0 radical (unpaired) electrons. The molecule has 9 nitrogen and oxygen atoms in total. The lowest BCUT2D eigenvalue weighted by Crippen LogP contribution is -2.55. The Morgan fingerprint density at radius 2 is 1.84 bits per heavy atom. The van der Waals surface area contributed by atoms with Gasteiger partial charge in [0.05, 0.1) is 6.54 Å². The number of hydrogen-bond acceptors (Lipinski definition) is 6. The minimum atomic E-state index is -1.42. The Morgan fingerprint density at radius 3 is 2.45 bits per heavy atom. The monoisotopic (exact) mass is 432 g/mol. The molecule has 1 unspecified atom stereocenters. The van der Waals surface area contributed by atoms with Crippen LogP contribution >= 0.6 is 0 Å². The second-order valence-electron chi connectivity index (χ2n) is 7.52. The van der Waals surface area contributed by atoms with Crippen LogP contribution in [0.1, 0.15) is 39.3 Å². The van der Waals surface area contributed by atoms with Crippen LogP contribution in [0.2, 0.25) is 0 Å². The molecule has 31 heavy (non-hydrogen) atoms. The molecule has 4 rings (SSSR count). The fraction of sp³-hybridized carbons (Fsp3) is 0.381. The van der Waals surface area contributed by atoms with E-state index in [2.05, 4.69) is 0 Å². The predicted octanol–water partition coefficient (Wildman–Crippen LogP) is 1.04. The van der Waals surface area contributed by atoms with E-state index in [1.54, 1.807) is 17.0 Å². The molecule has 2 aliphatic rings. The fourth-order valence-electron chi connectivity index (χ4n) is 3.76. The first-order chi connectivity index (χ1) is 14.7. The summed E-state index contributed by atoms with van der Waals surface area (Å²) in [7, 11) is 1.90. The lowest BCUT2D eigenvalue weighted by atomic mass is 10.1. The van der Waals surface area contributed by atoms with Gasteiger partial charge in [0, 0.05) is 19.3 Å². The van der Waals surface area contributed by atoms with Crippen molar-refractivity contribution in [1.82, 2.24) is 14.4 Å². The maximum atomic E-state index is 12.6. The summed E-state index contributed by atoms with van der Waals surface area (Å²) in [5, 5.41) is 19.1. The number of carboxylic acids is 1. The molecule has 1 saturated heterocycles. The average Bonchev–Trinajstić information content (AvgIpc) is 2.93. The zero-order chi connectivity index (χ0) is 22.7. The minimum absolute atomic E-state index is 0.124. The number of nitrogens with zero attached hydrogens (tertiary/aromatic N) is 3. The van der Waals surface area contributed by atoms with Gasteiger partial charge in [0.1, 0.15) is 17.5 Å². The van der Waals surface area contributed by atoms with Gasteiger partial charge in [-0.1, -0.05) is 12.1 Å². The Labute approximate surface area is 178 Å². The summed E-state index contributed by atoms with van der Waals surface area (Å²) < 4.78 is 13.6. The number of rotatable bonds is 2. The first-order valence-corrected chi connectivity index (χ1v) is 9.90. The van der Waals surface area contributed by atoms with Gasteiger partial charge in [-0.25, -0.2) is 9.18 Å². The van der Waals surface area contributed by atoms with Gasteiger partial charge in [-0.2, -0.15) is 0 Å². The molecule has 3 heterocycles. The van der Waals surface area contributed by atoms with Crippen LogP contribution in [-0.4, -0.2) is 62.8 Å². The highest BCUT2D eigenvalue weighted by atomic mass is 19.1. The molecule has 0 aliphatic carbocycles. The van der Waals surface area contributed by atoms with E-state index in [-0.39, 0.29) is 17.7 Å². The third kappa shape index (κ3) is 4.59. The van der Waals surface area contributed by atoms with Crippen LogP contribution in [0, 0.1) is 5.82 Å². The molecule has 166 valence electrons. The second kappa shape index (κ2) is 9.27. The van der Waals surface area contributed by atoms with E-state index in [1.165, 1.54) is 16.7 Å². The SMILES string of the molecule is CN1CCCCN2C(=O)c3c(O)c(=O)c(C(=O)O)cn3CC12.NCc1ccc(F)cc1. The van der Waals surface area contributed by atoms with E-state index in [1.807, 2.05) is 11.9 Å². The largest absolute Gasteiger partial charge is 0.503 e. The van der Waals surface area contributed by atoms with Crippen LogP contribution in [0.3, 0.4) is 0 Å². The summed E-state index contributed by atoms with van der Waals surface area (Å²) in [6.45, 7) is 2.19. The number of carbonyl (C=O) groups excluding carboxylic acids is 1. The van der Waals surface area contributed by atoms with E-state index in [4.69, 9.17) is 10.8 Å². The quantitative estimate of drug-likeness (QED) is 0.647. The number of aromatic carboxylic acids is 1. The zero-order valence-corrected chi connectivity index (χ0v) is 17.1. The molecule has 0 spiro atoms. The van der Waals surface area contributed by atoms with Crippen molar-refractivity contribution in [2.75, 3.05) is 20.1 Å². The van der Waals surface area contributed by atoms with Crippen molar-refractivity contribution >= 4 is 11.9 Å². The third-order valence-electron chi connectivity index (χ3n) is 5.49. The van der Waals surface area contributed by atoms with Crippen molar-refractivity contribution < 1.29 is 24.2 Å². The molecule has 1 aromatic heterocycles. The molecule has 1 fully saturated rings. The average molecular weight is 432 g/mol. The Bertz CT molecular complexity index is 1040. The lowest BCUT2D eigenvalue weighted by Gasteiger charge is -2.40. The Kier molecular flexibility index (Phi) is 6.71. The van der Waals surface area contributed by atoms with Crippen molar-refractivity contribution in [3.05, 3.63) is 63.3 Å². The number of pyridine rings is 1. The van der Waals surface area contributed by atoms with E-state index < -0.39 is 28.6 Å². The molecule has 10 heteroatoms. The number of halogens is 1. The minimum Gasteiger partial charge on any atom is -0.503 e. The molecule has 0 bridgehead atoms. The number of carboxylic acid groups (broad SMARTS) is 1. The molecular formula is C21H25FN4O5. The number of aromatic hydroxyl groups is 1. The van der Waals surface area contributed by atoms with E-state index in [9.17, 15) is 23.9 Å². The Balaban J connectivity index is 0.000000254. The van der Waals surface area contributed by atoms with Crippen molar-refractivity contribution in [2.45, 2.75) is 32.1 Å². The predicted molar refractivity (Wildman–Crippen MR) is 110 cm³/mol. The highest BCUT2D eigenvalue weighted by molar-refractivity contribution is 5.97. The van der Waals surface area contributed by atoms with E-state index in [0.29, 0.717) is 19.6 Å². The normalized spacial score (nSPS) is 18.4. The van der Waals surface area contributed by atoms with Gasteiger partial charge in [0.2, 0.25) is 5.43 Å². The summed E-state index contributed by atoms with van der Waals surface area (Å²) in [5.41, 5.74) is 4.56.